The van der Waals surface area contributed by atoms with E-state index in [-0.39, 0.29) is 11.4 Å². The molecular weight excluding hydrogens is 226 g/mol. The molecule has 0 aromatic heterocycles. The highest BCUT2D eigenvalue weighted by molar-refractivity contribution is 5.78. The van der Waals surface area contributed by atoms with Gasteiger partial charge in [0.05, 0.1) is 6.54 Å². The average Bonchev–Trinajstić information content (AvgIpc) is 3.06. The third kappa shape index (κ3) is 3.95. The molecule has 0 bridgehead atoms. The van der Waals surface area contributed by atoms with Crippen LogP contribution in [0.15, 0.2) is 0 Å². The molecule has 4 heteroatoms. The summed E-state index contributed by atoms with van der Waals surface area (Å²) >= 11 is 0. The highest BCUT2D eigenvalue weighted by atomic mass is 16.2. The third-order valence-electron chi connectivity index (χ3n) is 4.20. The van der Waals surface area contributed by atoms with E-state index < -0.39 is 0 Å². The average molecular weight is 253 g/mol. The van der Waals surface area contributed by atoms with Gasteiger partial charge >= 0.3 is 0 Å². The molecule has 1 saturated carbocycles. The Morgan fingerprint density at radius 2 is 2.06 bits per heavy atom. The smallest absolute Gasteiger partial charge is 0.234 e. The summed E-state index contributed by atoms with van der Waals surface area (Å²) in [7, 11) is 0. The van der Waals surface area contributed by atoms with Crippen molar-refractivity contribution in [3.8, 4) is 0 Å². The topological polar surface area (TPSA) is 44.4 Å². The van der Waals surface area contributed by atoms with E-state index in [1.165, 1.54) is 25.8 Å². The molecule has 1 amide bonds. The second kappa shape index (κ2) is 5.57. The summed E-state index contributed by atoms with van der Waals surface area (Å²) in [5.74, 6) is 0.117. The first-order valence-corrected chi connectivity index (χ1v) is 7.28. The summed E-state index contributed by atoms with van der Waals surface area (Å²) in [5, 5.41) is 6.45. The lowest BCUT2D eigenvalue weighted by atomic mass is 10.0. The number of nitrogens with zero attached hydrogens (tertiary/aromatic N) is 1. The number of hydrogen-bond donors (Lipinski definition) is 2. The summed E-state index contributed by atoms with van der Waals surface area (Å²) in [6.07, 6.45) is 4.88. The van der Waals surface area contributed by atoms with Crippen molar-refractivity contribution in [1.82, 2.24) is 15.5 Å². The number of rotatable bonds is 6. The summed E-state index contributed by atoms with van der Waals surface area (Å²) in [4.78, 5) is 14.4. The van der Waals surface area contributed by atoms with E-state index in [1.807, 2.05) is 0 Å². The first-order chi connectivity index (χ1) is 8.50. The van der Waals surface area contributed by atoms with Gasteiger partial charge in [-0.1, -0.05) is 6.92 Å². The van der Waals surface area contributed by atoms with E-state index in [4.69, 9.17) is 0 Å². The predicted octanol–water partition coefficient (Wildman–Crippen LogP) is 1.12. The van der Waals surface area contributed by atoms with Crippen LogP contribution < -0.4 is 10.6 Å². The van der Waals surface area contributed by atoms with Crippen molar-refractivity contribution in [2.45, 2.75) is 64.1 Å². The number of likely N-dealkylation sites (tertiary alicyclic amines) is 1. The number of carbonyl (C=O) groups excluding carboxylic acids is 1. The Morgan fingerprint density at radius 3 is 2.67 bits per heavy atom. The van der Waals surface area contributed by atoms with Crippen molar-refractivity contribution in [2.24, 2.45) is 0 Å². The van der Waals surface area contributed by atoms with Crippen molar-refractivity contribution < 1.29 is 4.79 Å². The third-order valence-corrected chi connectivity index (χ3v) is 4.20. The van der Waals surface area contributed by atoms with E-state index in [2.05, 4.69) is 36.3 Å². The van der Waals surface area contributed by atoms with Crippen LogP contribution in [0.5, 0.6) is 0 Å². The molecule has 0 spiro atoms. The van der Waals surface area contributed by atoms with Crippen LogP contribution in [0, 0.1) is 0 Å². The van der Waals surface area contributed by atoms with Crippen LogP contribution >= 0.6 is 0 Å². The normalized spacial score (nSPS) is 25.4. The van der Waals surface area contributed by atoms with Crippen LogP contribution in [0.1, 0.15) is 46.5 Å². The van der Waals surface area contributed by atoms with Gasteiger partial charge in [0, 0.05) is 30.7 Å². The van der Waals surface area contributed by atoms with Gasteiger partial charge in [0.2, 0.25) is 5.91 Å². The van der Waals surface area contributed by atoms with E-state index in [0.717, 1.165) is 19.0 Å². The first-order valence-electron chi connectivity index (χ1n) is 7.28. The molecule has 1 heterocycles. The van der Waals surface area contributed by atoms with Gasteiger partial charge < -0.3 is 10.6 Å². The SMILES string of the molecule is CCC(C)(C)NC(=O)CNC1CCN(C2CC2)C1. The zero-order valence-corrected chi connectivity index (χ0v) is 12.0. The van der Waals surface area contributed by atoms with Gasteiger partial charge in [0.1, 0.15) is 0 Å². The number of amides is 1. The molecule has 1 aliphatic carbocycles. The fraction of sp³-hybridized carbons (Fsp3) is 0.929. The van der Waals surface area contributed by atoms with Gasteiger partial charge in [-0.05, 0) is 39.5 Å². The minimum atomic E-state index is -0.0888. The lowest BCUT2D eigenvalue weighted by Gasteiger charge is -2.25. The fourth-order valence-electron chi connectivity index (χ4n) is 2.47. The summed E-state index contributed by atoms with van der Waals surface area (Å²) in [6.45, 7) is 8.99. The maximum absolute atomic E-state index is 11.8. The highest BCUT2D eigenvalue weighted by Crippen LogP contribution is 2.29. The number of nitrogens with one attached hydrogen (secondary N) is 2. The van der Waals surface area contributed by atoms with Gasteiger partial charge in [-0.2, -0.15) is 0 Å². The molecule has 2 rings (SSSR count). The molecular formula is C14H27N3O. The molecule has 104 valence electrons. The Hall–Kier alpha value is -0.610. The van der Waals surface area contributed by atoms with Crippen LogP contribution in [-0.2, 0) is 4.79 Å². The first kappa shape index (κ1) is 13.8. The maximum Gasteiger partial charge on any atom is 0.234 e. The van der Waals surface area contributed by atoms with Crippen molar-refractivity contribution in [3.05, 3.63) is 0 Å². The monoisotopic (exact) mass is 253 g/mol. The zero-order chi connectivity index (χ0) is 13.2. The highest BCUT2D eigenvalue weighted by Gasteiger charge is 2.34. The van der Waals surface area contributed by atoms with Crippen LogP contribution in [-0.4, -0.2) is 48.1 Å². The minimum absolute atomic E-state index is 0.0888. The molecule has 1 aliphatic heterocycles. The Morgan fingerprint density at radius 1 is 1.33 bits per heavy atom. The van der Waals surface area contributed by atoms with E-state index in [0.29, 0.717) is 12.6 Å². The van der Waals surface area contributed by atoms with Gasteiger partial charge in [-0.15, -0.1) is 0 Å². The van der Waals surface area contributed by atoms with Crippen LogP contribution in [0.2, 0.25) is 0 Å². The predicted molar refractivity (Wildman–Crippen MR) is 73.5 cm³/mol. The molecule has 2 aliphatic rings. The summed E-state index contributed by atoms with van der Waals surface area (Å²) in [6, 6.07) is 1.35. The lowest BCUT2D eigenvalue weighted by molar-refractivity contribution is -0.121. The molecule has 2 N–H and O–H groups in total. The zero-order valence-electron chi connectivity index (χ0n) is 12.0. The minimum Gasteiger partial charge on any atom is -0.350 e. The van der Waals surface area contributed by atoms with E-state index in [1.54, 1.807) is 0 Å². The molecule has 1 atom stereocenters. The van der Waals surface area contributed by atoms with Crippen LogP contribution in [0.3, 0.4) is 0 Å². The Kier molecular flexibility index (Phi) is 4.28. The number of hydrogen-bond acceptors (Lipinski definition) is 3. The van der Waals surface area contributed by atoms with E-state index >= 15 is 0 Å². The quantitative estimate of drug-likeness (QED) is 0.745. The molecule has 2 fully saturated rings. The Balaban J connectivity index is 1.64. The molecule has 1 saturated heterocycles. The molecule has 4 nitrogen and oxygen atoms in total. The van der Waals surface area contributed by atoms with Gasteiger partial charge in [-0.3, -0.25) is 9.69 Å². The molecule has 0 radical (unpaired) electrons. The standard InChI is InChI=1S/C14H27N3O/c1-4-14(2,3)16-13(18)9-15-11-7-8-17(10-11)12-5-6-12/h11-12,15H,4-10H2,1-3H3,(H,16,18). The Bertz CT molecular complexity index is 299. The molecule has 0 aromatic rings. The fourth-order valence-corrected chi connectivity index (χ4v) is 2.47. The molecule has 18 heavy (non-hydrogen) atoms. The second-order valence-electron chi connectivity index (χ2n) is 6.38. The van der Waals surface area contributed by atoms with Gasteiger partial charge in [0.15, 0.2) is 0 Å². The van der Waals surface area contributed by atoms with Crippen LogP contribution in [0.25, 0.3) is 0 Å². The van der Waals surface area contributed by atoms with Crippen molar-refractivity contribution in [1.29, 1.82) is 0 Å². The van der Waals surface area contributed by atoms with Gasteiger partial charge in [0.25, 0.3) is 0 Å². The van der Waals surface area contributed by atoms with Crippen LogP contribution in [0.4, 0.5) is 0 Å². The van der Waals surface area contributed by atoms with Crippen molar-refractivity contribution >= 4 is 5.91 Å². The molecule has 0 aromatic carbocycles. The summed E-state index contributed by atoms with van der Waals surface area (Å²) < 4.78 is 0. The molecule has 1 unspecified atom stereocenters. The van der Waals surface area contributed by atoms with E-state index in [9.17, 15) is 4.79 Å². The maximum atomic E-state index is 11.8. The van der Waals surface area contributed by atoms with Crippen molar-refractivity contribution in [2.75, 3.05) is 19.6 Å². The lowest BCUT2D eigenvalue weighted by Crippen LogP contribution is -2.48. The number of carbonyl (C=O) groups is 1. The Labute approximate surface area is 110 Å². The largest absolute Gasteiger partial charge is 0.350 e. The van der Waals surface area contributed by atoms with Gasteiger partial charge in [-0.25, -0.2) is 0 Å². The van der Waals surface area contributed by atoms with Crippen molar-refractivity contribution in [3.63, 3.8) is 0 Å². The second-order valence-corrected chi connectivity index (χ2v) is 6.38. The summed E-state index contributed by atoms with van der Waals surface area (Å²) in [5.41, 5.74) is -0.0888.